The van der Waals surface area contributed by atoms with E-state index >= 15 is 0 Å². The Balaban J connectivity index is 2.00. The summed E-state index contributed by atoms with van der Waals surface area (Å²) >= 11 is 0. The van der Waals surface area contributed by atoms with Gasteiger partial charge in [-0.3, -0.25) is 4.79 Å². The highest BCUT2D eigenvalue weighted by Crippen LogP contribution is 2.40. The molecule has 1 aliphatic carbocycles. The minimum atomic E-state index is 0.118. The van der Waals surface area contributed by atoms with Crippen molar-refractivity contribution in [2.75, 3.05) is 5.73 Å². The minimum absolute atomic E-state index is 0.118. The Morgan fingerprint density at radius 1 is 1.40 bits per heavy atom. The van der Waals surface area contributed by atoms with E-state index in [2.05, 4.69) is 19.2 Å². The standard InChI is InChI=1S/C17H26N2O/c1-12-13(7-6-9-15(12)18)11-19-16(20)14-8-4-5-10-17(14,2)3/h6-7,9,14H,4-5,8,10-11,18H2,1-3H3,(H,19,20). The van der Waals surface area contributed by atoms with Crippen LogP contribution in [-0.4, -0.2) is 5.91 Å². The first-order chi connectivity index (χ1) is 9.42. The van der Waals surface area contributed by atoms with Gasteiger partial charge < -0.3 is 11.1 Å². The van der Waals surface area contributed by atoms with Gasteiger partial charge in [-0.2, -0.15) is 0 Å². The average Bonchev–Trinajstić information content (AvgIpc) is 2.39. The monoisotopic (exact) mass is 274 g/mol. The summed E-state index contributed by atoms with van der Waals surface area (Å²) in [7, 11) is 0. The van der Waals surface area contributed by atoms with Crippen LogP contribution in [0.15, 0.2) is 18.2 Å². The fraction of sp³-hybridized carbons (Fsp3) is 0.588. The van der Waals surface area contributed by atoms with Crippen molar-refractivity contribution < 1.29 is 4.79 Å². The van der Waals surface area contributed by atoms with E-state index in [-0.39, 0.29) is 17.2 Å². The van der Waals surface area contributed by atoms with Crippen molar-refractivity contribution in [2.45, 2.75) is 53.0 Å². The van der Waals surface area contributed by atoms with Gasteiger partial charge >= 0.3 is 0 Å². The van der Waals surface area contributed by atoms with Gasteiger partial charge in [-0.1, -0.05) is 38.8 Å². The number of amides is 1. The lowest BCUT2D eigenvalue weighted by Crippen LogP contribution is -2.40. The summed E-state index contributed by atoms with van der Waals surface area (Å²) in [6, 6.07) is 5.86. The molecule has 110 valence electrons. The maximum Gasteiger partial charge on any atom is 0.223 e. The van der Waals surface area contributed by atoms with Crippen LogP contribution < -0.4 is 11.1 Å². The van der Waals surface area contributed by atoms with Crippen molar-refractivity contribution in [3.05, 3.63) is 29.3 Å². The number of nitrogens with two attached hydrogens (primary N) is 1. The van der Waals surface area contributed by atoms with Crippen LogP contribution in [0.4, 0.5) is 5.69 Å². The molecule has 3 heteroatoms. The van der Waals surface area contributed by atoms with Gasteiger partial charge in [0.05, 0.1) is 0 Å². The molecule has 0 heterocycles. The maximum atomic E-state index is 12.4. The summed E-state index contributed by atoms with van der Waals surface area (Å²) in [6.45, 7) is 6.99. The van der Waals surface area contributed by atoms with E-state index in [1.54, 1.807) is 0 Å². The van der Waals surface area contributed by atoms with E-state index < -0.39 is 0 Å². The van der Waals surface area contributed by atoms with Gasteiger partial charge in [-0.05, 0) is 42.4 Å². The molecule has 1 atom stereocenters. The average molecular weight is 274 g/mol. The van der Waals surface area contributed by atoms with E-state index in [1.165, 1.54) is 12.8 Å². The van der Waals surface area contributed by atoms with E-state index in [4.69, 9.17) is 5.73 Å². The summed E-state index contributed by atoms with van der Waals surface area (Å²) in [4.78, 5) is 12.4. The Bertz CT molecular complexity index is 494. The van der Waals surface area contributed by atoms with Crippen LogP contribution >= 0.6 is 0 Å². The van der Waals surface area contributed by atoms with Gasteiger partial charge in [-0.15, -0.1) is 0 Å². The second-order valence-electron chi connectivity index (χ2n) is 6.64. The van der Waals surface area contributed by atoms with Gasteiger partial charge in [-0.25, -0.2) is 0 Å². The Morgan fingerprint density at radius 2 is 2.15 bits per heavy atom. The lowest BCUT2D eigenvalue weighted by molar-refractivity contribution is -0.130. The Hall–Kier alpha value is -1.51. The number of anilines is 1. The van der Waals surface area contributed by atoms with E-state index in [0.29, 0.717) is 6.54 Å². The van der Waals surface area contributed by atoms with Crippen LogP contribution in [0.5, 0.6) is 0 Å². The zero-order valence-electron chi connectivity index (χ0n) is 12.8. The van der Waals surface area contributed by atoms with Crippen LogP contribution in [0.25, 0.3) is 0 Å². The van der Waals surface area contributed by atoms with Crippen molar-refractivity contribution in [1.29, 1.82) is 0 Å². The molecule has 1 aromatic carbocycles. The molecule has 0 aliphatic heterocycles. The predicted octanol–water partition coefficient (Wildman–Crippen LogP) is 3.41. The zero-order valence-corrected chi connectivity index (χ0v) is 12.8. The van der Waals surface area contributed by atoms with Crippen molar-refractivity contribution in [3.8, 4) is 0 Å². The summed E-state index contributed by atoms with van der Waals surface area (Å²) in [6.07, 6.45) is 4.56. The number of rotatable bonds is 3. The molecule has 0 radical (unpaired) electrons. The summed E-state index contributed by atoms with van der Waals surface area (Å²) in [5.74, 6) is 0.328. The number of nitrogens with one attached hydrogen (secondary N) is 1. The second kappa shape index (κ2) is 5.86. The Labute approximate surface area is 121 Å². The molecular weight excluding hydrogens is 248 g/mol. The van der Waals surface area contributed by atoms with Gasteiger partial charge in [0.25, 0.3) is 0 Å². The molecule has 0 spiro atoms. The summed E-state index contributed by atoms with van der Waals surface area (Å²) < 4.78 is 0. The maximum absolute atomic E-state index is 12.4. The summed E-state index contributed by atoms with van der Waals surface area (Å²) in [5.41, 5.74) is 8.97. The molecule has 0 bridgehead atoms. The lowest BCUT2D eigenvalue weighted by Gasteiger charge is -2.37. The third-order valence-corrected chi connectivity index (χ3v) is 4.76. The first-order valence-corrected chi connectivity index (χ1v) is 7.53. The molecule has 1 aromatic rings. The minimum Gasteiger partial charge on any atom is -0.399 e. The number of nitrogen functional groups attached to an aromatic ring is 1. The SMILES string of the molecule is Cc1c(N)cccc1CNC(=O)C1CCCCC1(C)C. The van der Waals surface area contributed by atoms with Gasteiger partial charge in [0, 0.05) is 18.2 Å². The molecule has 0 aromatic heterocycles. The van der Waals surface area contributed by atoms with Crippen molar-refractivity contribution in [3.63, 3.8) is 0 Å². The predicted molar refractivity (Wildman–Crippen MR) is 83.2 cm³/mol. The number of carbonyl (C=O) groups is 1. The first-order valence-electron chi connectivity index (χ1n) is 7.53. The highest BCUT2D eigenvalue weighted by atomic mass is 16.1. The van der Waals surface area contributed by atoms with Crippen LogP contribution in [-0.2, 0) is 11.3 Å². The molecule has 1 saturated carbocycles. The summed E-state index contributed by atoms with van der Waals surface area (Å²) in [5, 5.41) is 3.10. The van der Waals surface area contributed by atoms with Gasteiger partial charge in [0.2, 0.25) is 5.91 Å². The molecule has 1 amide bonds. The van der Waals surface area contributed by atoms with Crippen molar-refractivity contribution in [1.82, 2.24) is 5.32 Å². The van der Waals surface area contributed by atoms with Crippen molar-refractivity contribution in [2.24, 2.45) is 11.3 Å². The quantitative estimate of drug-likeness (QED) is 0.830. The fourth-order valence-corrected chi connectivity index (χ4v) is 3.18. The molecule has 3 N–H and O–H groups in total. The third kappa shape index (κ3) is 3.14. The molecule has 1 unspecified atom stereocenters. The highest BCUT2D eigenvalue weighted by molar-refractivity contribution is 5.79. The first kappa shape index (κ1) is 14.9. The molecule has 20 heavy (non-hydrogen) atoms. The smallest absolute Gasteiger partial charge is 0.223 e. The second-order valence-corrected chi connectivity index (χ2v) is 6.64. The molecule has 1 aliphatic rings. The zero-order chi connectivity index (χ0) is 14.8. The number of hydrogen-bond donors (Lipinski definition) is 2. The molecule has 2 rings (SSSR count). The van der Waals surface area contributed by atoms with Gasteiger partial charge in [0.15, 0.2) is 0 Å². The topological polar surface area (TPSA) is 55.1 Å². The Kier molecular flexibility index (Phi) is 4.36. The van der Waals surface area contributed by atoms with E-state index in [9.17, 15) is 4.79 Å². The van der Waals surface area contributed by atoms with Crippen LogP contribution in [0.2, 0.25) is 0 Å². The number of hydrogen-bond acceptors (Lipinski definition) is 2. The number of carbonyl (C=O) groups excluding carboxylic acids is 1. The van der Waals surface area contributed by atoms with E-state index in [1.807, 2.05) is 25.1 Å². The molecule has 1 fully saturated rings. The third-order valence-electron chi connectivity index (χ3n) is 4.76. The highest BCUT2D eigenvalue weighted by Gasteiger charge is 2.36. The lowest BCUT2D eigenvalue weighted by atomic mass is 9.68. The fourth-order valence-electron chi connectivity index (χ4n) is 3.18. The largest absolute Gasteiger partial charge is 0.399 e. The van der Waals surface area contributed by atoms with Crippen LogP contribution in [0.3, 0.4) is 0 Å². The van der Waals surface area contributed by atoms with Gasteiger partial charge in [0.1, 0.15) is 0 Å². The number of benzene rings is 1. The molecule has 0 saturated heterocycles. The normalized spacial score (nSPS) is 21.4. The molecule has 3 nitrogen and oxygen atoms in total. The Morgan fingerprint density at radius 3 is 2.85 bits per heavy atom. The van der Waals surface area contributed by atoms with E-state index in [0.717, 1.165) is 29.7 Å². The van der Waals surface area contributed by atoms with Crippen LogP contribution in [0, 0.1) is 18.3 Å². The van der Waals surface area contributed by atoms with Crippen LogP contribution in [0.1, 0.15) is 50.7 Å². The molecular formula is C17H26N2O. The van der Waals surface area contributed by atoms with Crippen molar-refractivity contribution >= 4 is 11.6 Å².